The first-order valence-corrected chi connectivity index (χ1v) is 8.12. The number of rotatable bonds is 4. The molecule has 1 amide bonds. The van der Waals surface area contributed by atoms with Crippen LogP contribution in [0, 0.1) is 13.8 Å². The van der Waals surface area contributed by atoms with E-state index in [9.17, 15) is 4.79 Å². The highest BCUT2D eigenvalue weighted by Gasteiger charge is 2.10. The first kappa shape index (κ1) is 16.9. The first-order chi connectivity index (χ1) is 12.0. The standard InChI is InChI=1S/C19H17ClN4O/c1-12-3-4-13(2)16(9-12)24-19(25)17-10-22-18(11-21-17)23-15-7-5-14(20)6-8-15/h3-11H,1-2H3,(H,22,23)(H,24,25). The topological polar surface area (TPSA) is 66.9 Å². The van der Waals surface area contributed by atoms with Gasteiger partial charge in [0.05, 0.1) is 12.4 Å². The minimum absolute atomic E-state index is 0.252. The Morgan fingerprint density at radius 3 is 2.44 bits per heavy atom. The Labute approximate surface area is 151 Å². The number of nitrogens with zero attached hydrogens (tertiary/aromatic N) is 2. The van der Waals surface area contributed by atoms with Gasteiger partial charge in [-0.1, -0.05) is 23.7 Å². The second-order valence-corrected chi connectivity index (χ2v) is 6.13. The zero-order valence-corrected chi connectivity index (χ0v) is 14.6. The zero-order valence-electron chi connectivity index (χ0n) is 13.9. The van der Waals surface area contributed by atoms with Crippen molar-refractivity contribution in [3.05, 3.63) is 76.7 Å². The fourth-order valence-corrected chi connectivity index (χ4v) is 2.37. The predicted molar refractivity (Wildman–Crippen MR) is 101 cm³/mol. The van der Waals surface area contributed by atoms with E-state index in [4.69, 9.17) is 11.6 Å². The van der Waals surface area contributed by atoms with Gasteiger partial charge in [-0.15, -0.1) is 0 Å². The smallest absolute Gasteiger partial charge is 0.275 e. The largest absolute Gasteiger partial charge is 0.339 e. The minimum Gasteiger partial charge on any atom is -0.339 e. The molecule has 0 radical (unpaired) electrons. The van der Waals surface area contributed by atoms with Gasteiger partial charge in [-0.3, -0.25) is 4.79 Å². The number of hydrogen-bond donors (Lipinski definition) is 2. The molecule has 126 valence electrons. The van der Waals surface area contributed by atoms with Gasteiger partial charge in [-0.2, -0.15) is 0 Å². The van der Waals surface area contributed by atoms with E-state index >= 15 is 0 Å². The van der Waals surface area contributed by atoms with Crippen molar-refractivity contribution < 1.29 is 4.79 Å². The van der Waals surface area contributed by atoms with Crippen molar-refractivity contribution in [2.24, 2.45) is 0 Å². The number of anilines is 3. The third-order valence-corrected chi connectivity index (χ3v) is 3.89. The van der Waals surface area contributed by atoms with E-state index in [0.717, 1.165) is 22.5 Å². The zero-order chi connectivity index (χ0) is 17.8. The maximum absolute atomic E-state index is 12.3. The van der Waals surface area contributed by atoms with E-state index in [-0.39, 0.29) is 11.6 Å². The lowest BCUT2D eigenvalue weighted by atomic mass is 10.1. The number of nitrogens with one attached hydrogen (secondary N) is 2. The van der Waals surface area contributed by atoms with Crippen molar-refractivity contribution in [1.29, 1.82) is 0 Å². The summed E-state index contributed by atoms with van der Waals surface area (Å²) in [6.07, 6.45) is 2.96. The maximum Gasteiger partial charge on any atom is 0.275 e. The second kappa shape index (κ2) is 7.32. The molecule has 0 bridgehead atoms. The van der Waals surface area contributed by atoms with Gasteiger partial charge in [0.1, 0.15) is 11.5 Å². The summed E-state index contributed by atoms with van der Waals surface area (Å²) < 4.78 is 0. The van der Waals surface area contributed by atoms with Crippen LogP contribution in [0.2, 0.25) is 5.02 Å². The number of hydrogen-bond acceptors (Lipinski definition) is 4. The molecule has 0 aliphatic heterocycles. The maximum atomic E-state index is 12.3. The Balaban J connectivity index is 1.70. The first-order valence-electron chi connectivity index (χ1n) is 7.74. The summed E-state index contributed by atoms with van der Waals surface area (Å²) in [5, 5.41) is 6.63. The second-order valence-electron chi connectivity index (χ2n) is 5.69. The fourth-order valence-electron chi connectivity index (χ4n) is 2.25. The molecule has 3 rings (SSSR count). The van der Waals surface area contributed by atoms with E-state index in [1.54, 1.807) is 12.1 Å². The quantitative estimate of drug-likeness (QED) is 0.711. The van der Waals surface area contributed by atoms with Gasteiger partial charge in [-0.05, 0) is 55.3 Å². The van der Waals surface area contributed by atoms with Crippen LogP contribution in [-0.2, 0) is 0 Å². The van der Waals surface area contributed by atoms with Crippen LogP contribution in [0.4, 0.5) is 17.2 Å². The third kappa shape index (κ3) is 4.33. The van der Waals surface area contributed by atoms with Crippen molar-refractivity contribution in [2.45, 2.75) is 13.8 Å². The number of aryl methyl sites for hydroxylation is 2. The average molecular weight is 353 g/mol. The van der Waals surface area contributed by atoms with E-state index in [1.165, 1.54) is 12.4 Å². The van der Waals surface area contributed by atoms with Crippen LogP contribution in [0.3, 0.4) is 0 Å². The molecule has 6 heteroatoms. The lowest BCUT2D eigenvalue weighted by Crippen LogP contribution is -2.15. The molecule has 0 saturated heterocycles. The van der Waals surface area contributed by atoms with Crippen LogP contribution >= 0.6 is 11.6 Å². The molecular formula is C19H17ClN4O. The van der Waals surface area contributed by atoms with Gasteiger partial charge >= 0.3 is 0 Å². The molecule has 0 aliphatic carbocycles. The van der Waals surface area contributed by atoms with E-state index < -0.39 is 0 Å². The summed E-state index contributed by atoms with van der Waals surface area (Å²) in [4.78, 5) is 20.7. The molecule has 0 aliphatic rings. The highest BCUT2D eigenvalue weighted by atomic mass is 35.5. The van der Waals surface area contributed by atoms with Crippen molar-refractivity contribution in [3.63, 3.8) is 0 Å². The Hall–Kier alpha value is -2.92. The van der Waals surface area contributed by atoms with Crippen LogP contribution in [0.5, 0.6) is 0 Å². The Morgan fingerprint density at radius 1 is 1.00 bits per heavy atom. The van der Waals surface area contributed by atoms with Crippen LogP contribution < -0.4 is 10.6 Å². The molecule has 3 aromatic rings. The molecule has 2 N–H and O–H groups in total. The Morgan fingerprint density at radius 2 is 1.76 bits per heavy atom. The van der Waals surface area contributed by atoms with Gasteiger partial charge in [0.2, 0.25) is 0 Å². The Kier molecular flexibility index (Phi) is 4.95. The molecule has 5 nitrogen and oxygen atoms in total. The Bertz CT molecular complexity index is 892. The number of carbonyl (C=O) groups is 1. The van der Waals surface area contributed by atoms with Crippen molar-refractivity contribution in [1.82, 2.24) is 9.97 Å². The molecule has 0 saturated carbocycles. The number of aromatic nitrogens is 2. The van der Waals surface area contributed by atoms with Gasteiger partial charge in [-0.25, -0.2) is 9.97 Å². The molecule has 0 atom stereocenters. The van der Waals surface area contributed by atoms with Crippen molar-refractivity contribution >= 4 is 34.7 Å². The highest BCUT2D eigenvalue weighted by molar-refractivity contribution is 6.30. The summed E-state index contributed by atoms with van der Waals surface area (Å²) in [6, 6.07) is 13.1. The fraction of sp³-hybridized carbons (Fsp3) is 0.105. The normalized spacial score (nSPS) is 10.4. The van der Waals surface area contributed by atoms with Gasteiger partial charge in [0, 0.05) is 16.4 Å². The average Bonchev–Trinajstić information content (AvgIpc) is 2.61. The molecule has 1 heterocycles. The van der Waals surface area contributed by atoms with E-state index in [2.05, 4.69) is 20.6 Å². The predicted octanol–water partition coefficient (Wildman–Crippen LogP) is 4.74. The minimum atomic E-state index is -0.292. The molecule has 1 aromatic heterocycles. The van der Waals surface area contributed by atoms with E-state index in [0.29, 0.717) is 10.8 Å². The van der Waals surface area contributed by atoms with E-state index in [1.807, 2.05) is 44.2 Å². The van der Waals surface area contributed by atoms with Crippen LogP contribution in [0.15, 0.2) is 54.9 Å². The third-order valence-electron chi connectivity index (χ3n) is 3.64. The number of carbonyl (C=O) groups excluding carboxylic acids is 1. The lowest BCUT2D eigenvalue weighted by molar-refractivity contribution is 0.102. The lowest BCUT2D eigenvalue weighted by Gasteiger charge is -2.09. The number of benzene rings is 2. The number of amides is 1. The summed E-state index contributed by atoms with van der Waals surface area (Å²) in [6.45, 7) is 3.92. The summed E-state index contributed by atoms with van der Waals surface area (Å²) in [5.41, 5.74) is 3.94. The molecule has 0 fully saturated rings. The SMILES string of the molecule is Cc1ccc(C)c(NC(=O)c2cnc(Nc3ccc(Cl)cc3)cn2)c1. The molecule has 0 spiro atoms. The molecular weight excluding hydrogens is 336 g/mol. The number of halogens is 1. The molecule has 25 heavy (non-hydrogen) atoms. The van der Waals surface area contributed by atoms with Crippen molar-refractivity contribution in [2.75, 3.05) is 10.6 Å². The van der Waals surface area contributed by atoms with Crippen LogP contribution in [0.25, 0.3) is 0 Å². The summed E-state index contributed by atoms with van der Waals surface area (Å²) in [5.74, 6) is 0.254. The summed E-state index contributed by atoms with van der Waals surface area (Å²) in [7, 11) is 0. The van der Waals surface area contributed by atoms with Crippen LogP contribution in [0.1, 0.15) is 21.6 Å². The van der Waals surface area contributed by atoms with Gasteiger partial charge in [0.25, 0.3) is 5.91 Å². The monoisotopic (exact) mass is 352 g/mol. The van der Waals surface area contributed by atoms with Crippen molar-refractivity contribution in [3.8, 4) is 0 Å². The van der Waals surface area contributed by atoms with Gasteiger partial charge < -0.3 is 10.6 Å². The van der Waals surface area contributed by atoms with Crippen LogP contribution in [-0.4, -0.2) is 15.9 Å². The van der Waals surface area contributed by atoms with Gasteiger partial charge in [0.15, 0.2) is 0 Å². The molecule has 2 aromatic carbocycles. The highest BCUT2D eigenvalue weighted by Crippen LogP contribution is 2.18. The molecule has 0 unspecified atom stereocenters. The summed E-state index contributed by atoms with van der Waals surface area (Å²) >= 11 is 5.86.